The number of esters is 1. The molecule has 0 saturated heterocycles. The molecule has 0 aliphatic carbocycles. The summed E-state index contributed by atoms with van der Waals surface area (Å²) in [4.78, 5) is 11.4. The summed E-state index contributed by atoms with van der Waals surface area (Å²) in [5.74, 6) is -1.08. The highest BCUT2D eigenvalue weighted by molar-refractivity contribution is 5.70. The fourth-order valence-corrected chi connectivity index (χ4v) is 1.52. The third kappa shape index (κ3) is 3.59. The summed E-state index contributed by atoms with van der Waals surface area (Å²) in [5, 5.41) is 0. The Morgan fingerprint density at radius 2 is 1.89 bits per heavy atom. The summed E-state index contributed by atoms with van der Waals surface area (Å²) in [6.07, 6.45) is 0. The molecule has 0 atom stereocenters. The van der Waals surface area contributed by atoms with Crippen molar-refractivity contribution in [2.75, 3.05) is 0 Å². The summed E-state index contributed by atoms with van der Waals surface area (Å²) >= 11 is 0. The molecule has 0 saturated carbocycles. The van der Waals surface area contributed by atoms with Crippen LogP contribution in [-0.4, -0.2) is 5.97 Å². The minimum Gasteiger partial charge on any atom is -0.426 e. The molecule has 1 rings (SSSR count). The molecule has 0 amide bonds. The highest BCUT2D eigenvalue weighted by Gasteiger charge is 2.23. The molecule has 0 aliphatic heterocycles. The standard InChI is InChI=1S/C16H24O2/c1-11(17)18-14-9-8-12(15(2,3)4)10-13(14)16(5,6)7/h8-10H,1-7H3/i5D3,6D3,9D. The molecule has 0 bridgehead atoms. The zero-order valence-corrected chi connectivity index (χ0v) is 11.5. The predicted octanol–water partition coefficient (Wildman–Crippen LogP) is 4.21. The second-order valence-corrected chi connectivity index (χ2v) is 5.60. The summed E-state index contributed by atoms with van der Waals surface area (Å²) in [7, 11) is 0. The number of carbonyl (C=O) groups is 1. The average molecular weight is 255 g/mol. The van der Waals surface area contributed by atoms with Gasteiger partial charge in [0.05, 0.1) is 1.37 Å². The maximum Gasteiger partial charge on any atom is 0.308 e. The van der Waals surface area contributed by atoms with Gasteiger partial charge in [-0.3, -0.25) is 4.79 Å². The van der Waals surface area contributed by atoms with Crippen molar-refractivity contribution < 1.29 is 19.1 Å². The third-order valence-electron chi connectivity index (χ3n) is 2.55. The Labute approximate surface area is 120 Å². The molecule has 0 radical (unpaired) electrons. The quantitative estimate of drug-likeness (QED) is 0.555. The lowest BCUT2D eigenvalue weighted by Gasteiger charge is -2.26. The smallest absolute Gasteiger partial charge is 0.308 e. The van der Waals surface area contributed by atoms with E-state index in [2.05, 4.69) is 0 Å². The maximum atomic E-state index is 11.4. The van der Waals surface area contributed by atoms with Crippen LogP contribution in [0.2, 0.25) is 0 Å². The zero-order chi connectivity index (χ0) is 20.0. The van der Waals surface area contributed by atoms with Crippen LogP contribution >= 0.6 is 0 Å². The molecule has 0 aromatic heterocycles. The molecule has 0 N–H and O–H groups in total. The molecule has 0 unspecified atom stereocenters. The minimum absolute atomic E-state index is 0.180. The molecule has 0 heterocycles. The molecule has 1 aromatic carbocycles. The van der Waals surface area contributed by atoms with Gasteiger partial charge in [-0.2, -0.15) is 0 Å². The summed E-state index contributed by atoms with van der Waals surface area (Å²) < 4.78 is 60.2. The van der Waals surface area contributed by atoms with Crippen molar-refractivity contribution in [3.63, 3.8) is 0 Å². The van der Waals surface area contributed by atoms with Crippen LogP contribution in [0.5, 0.6) is 5.75 Å². The van der Waals surface area contributed by atoms with E-state index in [9.17, 15) is 4.79 Å². The van der Waals surface area contributed by atoms with Gasteiger partial charge < -0.3 is 4.74 Å². The van der Waals surface area contributed by atoms with Crippen molar-refractivity contribution in [2.24, 2.45) is 0 Å². The van der Waals surface area contributed by atoms with Gasteiger partial charge >= 0.3 is 5.97 Å². The van der Waals surface area contributed by atoms with Crippen LogP contribution in [0.4, 0.5) is 0 Å². The zero-order valence-electron chi connectivity index (χ0n) is 18.5. The number of ether oxygens (including phenoxy) is 1. The fourth-order valence-electron chi connectivity index (χ4n) is 1.52. The van der Waals surface area contributed by atoms with E-state index in [4.69, 9.17) is 14.3 Å². The van der Waals surface area contributed by atoms with Crippen LogP contribution in [0.25, 0.3) is 0 Å². The number of hydrogen-bond donors (Lipinski definition) is 0. The molecule has 18 heavy (non-hydrogen) atoms. The second-order valence-electron chi connectivity index (χ2n) is 5.60. The van der Waals surface area contributed by atoms with Crippen molar-refractivity contribution in [3.8, 4) is 5.75 Å². The lowest BCUT2D eigenvalue weighted by Crippen LogP contribution is -2.18. The Morgan fingerprint density at radius 1 is 1.28 bits per heavy atom. The second kappa shape index (κ2) is 4.75. The van der Waals surface area contributed by atoms with E-state index < -0.39 is 30.5 Å². The Kier molecular flexibility index (Phi) is 1.93. The molecule has 0 spiro atoms. The molecule has 2 nitrogen and oxygen atoms in total. The monoisotopic (exact) mass is 255 g/mol. The van der Waals surface area contributed by atoms with Crippen molar-refractivity contribution in [1.29, 1.82) is 0 Å². The topological polar surface area (TPSA) is 26.3 Å². The van der Waals surface area contributed by atoms with E-state index in [1.165, 1.54) is 12.1 Å². The van der Waals surface area contributed by atoms with Gasteiger partial charge in [-0.05, 0) is 22.4 Å². The fraction of sp³-hybridized carbons (Fsp3) is 0.562. The van der Waals surface area contributed by atoms with E-state index >= 15 is 0 Å². The third-order valence-corrected chi connectivity index (χ3v) is 2.55. The van der Waals surface area contributed by atoms with E-state index in [0.29, 0.717) is 5.56 Å². The van der Waals surface area contributed by atoms with Crippen LogP contribution in [0, 0.1) is 0 Å². The van der Waals surface area contributed by atoms with Crippen LogP contribution in [-0.2, 0) is 15.6 Å². The molecule has 2 heteroatoms. The van der Waals surface area contributed by atoms with E-state index in [1.807, 2.05) is 20.8 Å². The molecular weight excluding hydrogens is 224 g/mol. The normalized spacial score (nSPS) is 19.5. The molecule has 0 fully saturated rings. The van der Waals surface area contributed by atoms with Gasteiger partial charge in [0.2, 0.25) is 0 Å². The van der Waals surface area contributed by atoms with Gasteiger partial charge in [0.25, 0.3) is 0 Å². The first-order chi connectivity index (χ1) is 10.9. The van der Waals surface area contributed by atoms with Gasteiger partial charge in [0, 0.05) is 20.7 Å². The molecule has 1 aromatic rings. The van der Waals surface area contributed by atoms with Crippen LogP contribution in [0.15, 0.2) is 18.2 Å². The highest BCUT2D eigenvalue weighted by atomic mass is 16.5. The Hall–Kier alpha value is -1.31. The van der Waals surface area contributed by atoms with Gasteiger partial charge in [-0.15, -0.1) is 0 Å². The number of carbonyl (C=O) groups excluding carboxylic acids is 1. The summed E-state index contributed by atoms with van der Waals surface area (Å²) in [6.45, 7) is 1.98. The van der Waals surface area contributed by atoms with Gasteiger partial charge in [-0.25, -0.2) is 0 Å². The first-order valence-corrected chi connectivity index (χ1v) is 5.77. The van der Waals surface area contributed by atoms with Gasteiger partial charge in [0.1, 0.15) is 5.75 Å². The maximum absolute atomic E-state index is 11.4. The molecular formula is C16H24O2. The SMILES string of the molecule is [2H]c1cc(C(C)(C)C)cc(C(C)(C([2H])([2H])[2H])C([2H])([2H])[2H])c1OC(C)=O. The molecule has 100 valence electrons. The van der Waals surface area contributed by atoms with Crippen molar-refractivity contribution >= 4 is 5.97 Å². The lowest BCUT2D eigenvalue weighted by atomic mass is 9.80. The number of hydrogen-bond acceptors (Lipinski definition) is 2. The van der Waals surface area contributed by atoms with Crippen LogP contribution in [0.1, 0.15) is 69.0 Å². The highest BCUT2D eigenvalue weighted by Crippen LogP contribution is 2.35. The van der Waals surface area contributed by atoms with Gasteiger partial charge in [0.15, 0.2) is 0 Å². The van der Waals surface area contributed by atoms with E-state index in [1.54, 1.807) is 0 Å². The van der Waals surface area contributed by atoms with Crippen molar-refractivity contribution in [1.82, 2.24) is 0 Å². The summed E-state index contributed by atoms with van der Waals surface area (Å²) in [5.41, 5.74) is -2.35. The lowest BCUT2D eigenvalue weighted by molar-refractivity contribution is -0.131. The Morgan fingerprint density at radius 3 is 2.33 bits per heavy atom. The Bertz CT molecular complexity index is 653. The largest absolute Gasteiger partial charge is 0.426 e. The number of rotatable bonds is 1. The molecule has 0 aliphatic rings. The van der Waals surface area contributed by atoms with E-state index in [-0.39, 0.29) is 17.4 Å². The minimum atomic E-state index is -2.91. The van der Waals surface area contributed by atoms with Crippen LogP contribution in [0.3, 0.4) is 0 Å². The average Bonchev–Trinajstić information content (AvgIpc) is 2.35. The van der Waals surface area contributed by atoms with Gasteiger partial charge in [-0.1, -0.05) is 53.5 Å². The Balaban J connectivity index is 3.97. The first kappa shape index (κ1) is 7.32. The van der Waals surface area contributed by atoms with Crippen molar-refractivity contribution in [2.45, 2.75) is 59.2 Å². The van der Waals surface area contributed by atoms with Crippen LogP contribution < -0.4 is 4.74 Å². The number of benzene rings is 1. The summed E-state index contributed by atoms with van der Waals surface area (Å²) in [6, 6.07) is 2.66. The predicted molar refractivity (Wildman–Crippen MR) is 75.2 cm³/mol. The first-order valence-electron chi connectivity index (χ1n) is 9.27. The van der Waals surface area contributed by atoms with Crippen molar-refractivity contribution in [3.05, 3.63) is 29.3 Å². The van der Waals surface area contributed by atoms with E-state index in [0.717, 1.165) is 13.8 Å².